The number of rotatable bonds is 2. The largest absolute Gasteiger partial charge is 0.490 e. The van der Waals surface area contributed by atoms with Crippen LogP contribution < -0.4 is 15.0 Å². The molecule has 2 aromatic carbocycles. The van der Waals surface area contributed by atoms with Crippen molar-refractivity contribution in [3.05, 3.63) is 52.0 Å². The third kappa shape index (κ3) is 3.32. The predicted octanol–water partition coefficient (Wildman–Crippen LogP) is 3.99. The number of benzene rings is 2. The van der Waals surface area contributed by atoms with Crippen molar-refractivity contribution in [3.63, 3.8) is 0 Å². The molecule has 3 rings (SSSR count). The molecule has 0 aromatic heterocycles. The van der Waals surface area contributed by atoms with E-state index in [9.17, 15) is 9.59 Å². The maximum absolute atomic E-state index is 12.3. The monoisotopic (exact) mass is 364 g/mol. The molecule has 2 amide bonds. The third-order valence-electron chi connectivity index (χ3n) is 3.64. The minimum Gasteiger partial charge on any atom is -0.490 e. The highest BCUT2D eigenvalue weighted by Gasteiger charge is 2.22. The molecule has 0 bridgehead atoms. The van der Waals surface area contributed by atoms with E-state index >= 15 is 0 Å². The Bertz CT molecular complexity index is 823. The standard InChI is InChI=1S/C17H14Cl2N2O3/c1-10(22)21-6-7-24-16-5-3-12(9-15(16)21)20-17(23)11-2-4-13(18)14(19)8-11/h2-5,8-9H,6-7H2,1H3,(H,20,23). The van der Waals surface area contributed by atoms with Gasteiger partial charge in [0, 0.05) is 18.2 Å². The lowest BCUT2D eigenvalue weighted by molar-refractivity contribution is -0.116. The molecule has 0 radical (unpaired) electrons. The molecular weight excluding hydrogens is 351 g/mol. The van der Waals surface area contributed by atoms with Gasteiger partial charge in [-0.1, -0.05) is 23.2 Å². The molecule has 2 aromatic rings. The molecule has 1 heterocycles. The van der Waals surface area contributed by atoms with E-state index in [2.05, 4.69) is 5.32 Å². The average molecular weight is 365 g/mol. The van der Waals surface area contributed by atoms with Gasteiger partial charge in [-0.25, -0.2) is 0 Å². The number of halogens is 2. The molecule has 24 heavy (non-hydrogen) atoms. The van der Waals surface area contributed by atoms with Gasteiger partial charge in [0.1, 0.15) is 12.4 Å². The maximum Gasteiger partial charge on any atom is 0.255 e. The van der Waals surface area contributed by atoms with Crippen LogP contribution in [0.15, 0.2) is 36.4 Å². The van der Waals surface area contributed by atoms with Gasteiger partial charge in [0.05, 0.1) is 22.3 Å². The molecule has 0 atom stereocenters. The van der Waals surface area contributed by atoms with Gasteiger partial charge in [-0.05, 0) is 36.4 Å². The molecule has 0 unspecified atom stereocenters. The topological polar surface area (TPSA) is 58.6 Å². The molecule has 0 saturated heterocycles. The lowest BCUT2D eigenvalue weighted by atomic mass is 10.2. The zero-order chi connectivity index (χ0) is 17.3. The Morgan fingerprint density at radius 3 is 2.62 bits per heavy atom. The number of ether oxygens (including phenoxy) is 1. The van der Waals surface area contributed by atoms with E-state index in [1.165, 1.54) is 13.0 Å². The number of carbonyl (C=O) groups excluding carboxylic acids is 2. The minimum absolute atomic E-state index is 0.0764. The van der Waals surface area contributed by atoms with Crippen molar-refractivity contribution in [2.45, 2.75) is 6.92 Å². The van der Waals surface area contributed by atoms with Crippen LogP contribution in [0.4, 0.5) is 11.4 Å². The maximum atomic E-state index is 12.3. The number of anilines is 2. The Labute approximate surface area is 149 Å². The van der Waals surface area contributed by atoms with E-state index in [1.807, 2.05) is 0 Å². The Hall–Kier alpha value is -2.24. The quantitative estimate of drug-likeness (QED) is 0.876. The van der Waals surface area contributed by atoms with Crippen LogP contribution in [0.2, 0.25) is 10.0 Å². The van der Waals surface area contributed by atoms with Crippen LogP contribution in [0, 0.1) is 0 Å². The molecule has 7 heteroatoms. The number of fused-ring (bicyclic) bond motifs is 1. The fourth-order valence-electron chi connectivity index (χ4n) is 2.46. The molecule has 1 aliphatic rings. The van der Waals surface area contributed by atoms with Crippen LogP contribution in [0.25, 0.3) is 0 Å². The highest BCUT2D eigenvalue weighted by Crippen LogP contribution is 2.34. The van der Waals surface area contributed by atoms with Crippen molar-refractivity contribution in [1.29, 1.82) is 0 Å². The predicted molar refractivity (Wildman–Crippen MR) is 94.4 cm³/mol. The molecule has 124 valence electrons. The molecule has 5 nitrogen and oxygen atoms in total. The second-order valence-corrected chi connectivity index (χ2v) is 6.10. The van der Waals surface area contributed by atoms with Crippen LogP contribution >= 0.6 is 23.2 Å². The zero-order valence-electron chi connectivity index (χ0n) is 12.8. The van der Waals surface area contributed by atoms with Gasteiger partial charge in [0.15, 0.2) is 0 Å². The van der Waals surface area contributed by atoms with E-state index in [4.69, 9.17) is 27.9 Å². The van der Waals surface area contributed by atoms with Gasteiger partial charge in [0.25, 0.3) is 5.91 Å². The van der Waals surface area contributed by atoms with Crippen LogP contribution in [0.1, 0.15) is 17.3 Å². The summed E-state index contributed by atoms with van der Waals surface area (Å²) in [5.41, 5.74) is 1.59. The molecule has 0 aliphatic carbocycles. The second kappa shape index (κ2) is 6.71. The Kier molecular flexibility index (Phi) is 4.64. The van der Waals surface area contributed by atoms with E-state index in [0.29, 0.717) is 45.9 Å². The summed E-state index contributed by atoms with van der Waals surface area (Å²) in [5, 5.41) is 3.48. The Balaban J connectivity index is 1.85. The van der Waals surface area contributed by atoms with Crippen LogP contribution in [0.5, 0.6) is 5.75 Å². The van der Waals surface area contributed by atoms with Gasteiger partial charge in [-0.2, -0.15) is 0 Å². The minimum atomic E-state index is -0.320. The van der Waals surface area contributed by atoms with Gasteiger partial charge in [0.2, 0.25) is 5.91 Å². The molecule has 1 N–H and O–H groups in total. The van der Waals surface area contributed by atoms with Crippen molar-refractivity contribution in [2.75, 3.05) is 23.4 Å². The number of amides is 2. The summed E-state index contributed by atoms with van der Waals surface area (Å²) in [5.74, 6) is 0.219. The van der Waals surface area contributed by atoms with Crippen molar-refractivity contribution in [1.82, 2.24) is 0 Å². The number of carbonyl (C=O) groups is 2. The summed E-state index contributed by atoms with van der Waals surface area (Å²) in [7, 11) is 0. The lowest BCUT2D eigenvalue weighted by Gasteiger charge is -2.29. The summed E-state index contributed by atoms with van der Waals surface area (Å²) in [6.07, 6.45) is 0. The molecule has 0 spiro atoms. The fourth-order valence-corrected chi connectivity index (χ4v) is 2.76. The van der Waals surface area contributed by atoms with Crippen molar-refractivity contribution in [3.8, 4) is 5.75 Å². The highest BCUT2D eigenvalue weighted by atomic mass is 35.5. The van der Waals surface area contributed by atoms with Crippen molar-refractivity contribution < 1.29 is 14.3 Å². The first-order valence-corrected chi connectivity index (χ1v) is 8.02. The Morgan fingerprint density at radius 1 is 1.12 bits per heavy atom. The summed E-state index contributed by atoms with van der Waals surface area (Å²) in [4.78, 5) is 25.7. The Morgan fingerprint density at radius 2 is 1.92 bits per heavy atom. The number of hydrogen-bond acceptors (Lipinski definition) is 3. The summed E-state index contributed by atoms with van der Waals surface area (Å²) >= 11 is 11.8. The first kappa shape index (κ1) is 16.6. The van der Waals surface area contributed by atoms with Crippen molar-refractivity contribution in [2.24, 2.45) is 0 Å². The zero-order valence-corrected chi connectivity index (χ0v) is 14.3. The first-order valence-electron chi connectivity index (χ1n) is 7.27. The summed E-state index contributed by atoms with van der Waals surface area (Å²) in [6.45, 7) is 2.42. The molecule has 1 aliphatic heterocycles. The van der Waals surface area contributed by atoms with E-state index in [0.717, 1.165) is 0 Å². The average Bonchev–Trinajstić information content (AvgIpc) is 2.56. The molecular formula is C17H14Cl2N2O3. The third-order valence-corrected chi connectivity index (χ3v) is 4.38. The SMILES string of the molecule is CC(=O)N1CCOc2ccc(NC(=O)c3ccc(Cl)c(Cl)c3)cc21. The number of hydrogen-bond donors (Lipinski definition) is 1. The number of nitrogens with zero attached hydrogens (tertiary/aromatic N) is 1. The summed E-state index contributed by atoms with van der Waals surface area (Å²) in [6, 6.07) is 9.82. The van der Waals surface area contributed by atoms with Crippen LogP contribution in [-0.4, -0.2) is 25.0 Å². The van der Waals surface area contributed by atoms with Gasteiger partial charge in [-0.3, -0.25) is 9.59 Å². The first-order chi connectivity index (χ1) is 11.5. The van der Waals surface area contributed by atoms with Crippen molar-refractivity contribution >= 4 is 46.4 Å². The smallest absolute Gasteiger partial charge is 0.255 e. The van der Waals surface area contributed by atoms with Crippen LogP contribution in [0.3, 0.4) is 0 Å². The van der Waals surface area contributed by atoms with Gasteiger partial charge < -0.3 is 15.0 Å². The normalized spacial score (nSPS) is 13.0. The van der Waals surface area contributed by atoms with Crippen LogP contribution in [-0.2, 0) is 4.79 Å². The highest BCUT2D eigenvalue weighted by molar-refractivity contribution is 6.42. The van der Waals surface area contributed by atoms with E-state index < -0.39 is 0 Å². The second-order valence-electron chi connectivity index (χ2n) is 5.28. The van der Waals surface area contributed by atoms with E-state index in [1.54, 1.807) is 35.2 Å². The number of nitrogens with one attached hydrogen (secondary N) is 1. The van der Waals surface area contributed by atoms with Gasteiger partial charge >= 0.3 is 0 Å². The molecule has 0 fully saturated rings. The lowest BCUT2D eigenvalue weighted by Crippen LogP contribution is -2.36. The fraction of sp³-hybridized carbons (Fsp3) is 0.176. The van der Waals surface area contributed by atoms with Gasteiger partial charge in [-0.15, -0.1) is 0 Å². The summed E-state index contributed by atoms with van der Waals surface area (Å²) < 4.78 is 5.54. The molecule has 0 saturated carbocycles. The van der Waals surface area contributed by atoms with E-state index in [-0.39, 0.29) is 11.8 Å².